The van der Waals surface area contributed by atoms with Crippen LogP contribution in [0, 0.1) is 10.1 Å². The molecule has 0 bridgehead atoms. The Labute approximate surface area is 118 Å². The van der Waals surface area contributed by atoms with E-state index in [1.807, 2.05) is 0 Å². The lowest BCUT2D eigenvalue weighted by Gasteiger charge is -2.08. The lowest BCUT2D eigenvalue weighted by molar-refractivity contribution is -0.384. The smallest absolute Gasteiger partial charge is 0.336 e. The van der Waals surface area contributed by atoms with E-state index in [-0.39, 0.29) is 33.1 Å². The topological polar surface area (TPSA) is 101 Å². The summed E-state index contributed by atoms with van der Waals surface area (Å²) in [6, 6.07) is 7.33. The van der Waals surface area contributed by atoms with Gasteiger partial charge in [0.25, 0.3) is 5.69 Å². The molecule has 0 unspecified atom stereocenters. The zero-order valence-electron chi connectivity index (χ0n) is 9.91. The predicted molar refractivity (Wildman–Crippen MR) is 72.2 cm³/mol. The lowest BCUT2D eigenvalue weighted by atomic mass is 9.98. The summed E-state index contributed by atoms with van der Waals surface area (Å²) >= 11 is 5.97. The van der Waals surface area contributed by atoms with Crippen molar-refractivity contribution in [2.24, 2.45) is 0 Å². The van der Waals surface area contributed by atoms with Crippen LogP contribution in [-0.2, 0) is 0 Å². The van der Waals surface area contributed by atoms with Gasteiger partial charge in [-0.15, -0.1) is 0 Å². The van der Waals surface area contributed by atoms with Gasteiger partial charge in [-0.1, -0.05) is 11.6 Å². The zero-order chi connectivity index (χ0) is 14.9. The number of phenolic OH excluding ortho intramolecular Hbond substituents is 1. The second kappa shape index (κ2) is 5.18. The van der Waals surface area contributed by atoms with Crippen LogP contribution in [-0.4, -0.2) is 21.1 Å². The van der Waals surface area contributed by atoms with Crippen molar-refractivity contribution in [2.75, 3.05) is 0 Å². The number of non-ortho nitro benzene ring substituents is 1. The van der Waals surface area contributed by atoms with Crippen molar-refractivity contribution in [1.29, 1.82) is 0 Å². The van der Waals surface area contributed by atoms with Crippen LogP contribution >= 0.6 is 11.6 Å². The molecule has 102 valence electrons. The highest BCUT2D eigenvalue weighted by Crippen LogP contribution is 2.35. The number of aromatic hydroxyl groups is 1. The van der Waals surface area contributed by atoms with E-state index in [0.717, 1.165) is 18.2 Å². The van der Waals surface area contributed by atoms with Gasteiger partial charge in [-0.2, -0.15) is 0 Å². The number of carboxylic acid groups (broad SMARTS) is 1. The van der Waals surface area contributed by atoms with Gasteiger partial charge in [-0.05, 0) is 24.3 Å². The van der Waals surface area contributed by atoms with Crippen molar-refractivity contribution in [2.45, 2.75) is 0 Å². The van der Waals surface area contributed by atoms with E-state index >= 15 is 0 Å². The number of benzene rings is 2. The summed E-state index contributed by atoms with van der Waals surface area (Å²) in [4.78, 5) is 21.4. The number of nitro benzene ring substituents is 1. The molecule has 0 aliphatic rings. The van der Waals surface area contributed by atoms with Crippen LogP contribution < -0.4 is 0 Å². The van der Waals surface area contributed by atoms with Gasteiger partial charge in [0.2, 0.25) is 0 Å². The monoisotopic (exact) mass is 293 g/mol. The number of nitro groups is 1. The summed E-state index contributed by atoms with van der Waals surface area (Å²) in [5.74, 6) is -1.36. The molecule has 2 N–H and O–H groups in total. The minimum absolute atomic E-state index is 0.0765. The second-order valence-electron chi connectivity index (χ2n) is 3.96. The molecular weight excluding hydrogens is 286 g/mol. The van der Waals surface area contributed by atoms with Crippen LogP contribution in [0.15, 0.2) is 36.4 Å². The Balaban J connectivity index is 2.75. The Morgan fingerprint density at radius 2 is 1.85 bits per heavy atom. The molecule has 7 heteroatoms. The Hall–Kier alpha value is -2.60. The number of carbonyl (C=O) groups is 1. The molecule has 0 saturated carbocycles. The van der Waals surface area contributed by atoms with E-state index in [0.29, 0.717) is 0 Å². The molecule has 2 rings (SSSR count). The quantitative estimate of drug-likeness (QED) is 0.668. The molecule has 0 radical (unpaired) electrons. The number of rotatable bonds is 3. The van der Waals surface area contributed by atoms with Gasteiger partial charge in [0, 0.05) is 28.3 Å². The molecule has 0 aliphatic carbocycles. The molecule has 0 spiro atoms. The van der Waals surface area contributed by atoms with Crippen LogP contribution in [0.4, 0.5) is 5.69 Å². The van der Waals surface area contributed by atoms with Gasteiger partial charge in [0.05, 0.1) is 10.5 Å². The van der Waals surface area contributed by atoms with Gasteiger partial charge in [0.1, 0.15) is 5.75 Å². The summed E-state index contributed by atoms with van der Waals surface area (Å²) in [5, 5.41) is 29.6. The number of nitrogens with zero attached hydrogens (tertiary/aromatic N) is 1. The predicted octanol–water partition coefficient (Wildman–Crippen LogP) is 3.32. The second-order valence-corrected chi connectivity index (χ2v) is 4.36. The van der Waals surface area contributed by atoms with E-state index in [2.05, 4.69) is 0 Å². The van der Waals surface area contributed by atoms with Crippen LogP contribution in [0.2, 0.25) is 5.02 Å². The van der Waals surface area contributed by atoms with E-state index in [4.69, 9.17) is 16.7 Å². The van der Waals surface area contributed by atoms with Crippen molar-refractivity contribution >= 4 is 23.3 Å². The Morgan fingerprint density at radius 1 is 1.15 bits per heavy atom. The molecule has 0 amide bonds. The average molecular weight is 294 g/mol. The Morgan fingerprint density at radius 3 is 2.45 bits per heavy atom. The Kier molecular flexibility index (Phi) is 3.58. The first-order valence-corrected chi connectivity index (χ1v) is 5.78. The average Bonchev–Trinajstić information content (AvgIpc) is 2.40. The first-order valence-electron chi connectivity index (χ1n) is 5.41. The largest absolute Gasteiger partial charge is 0.508 e. The van der Waals surface area contributed by atoms with Crippen LogP contribution in [0.25, 0.3) is 11.1 Å². The van der Waals surface area contributed by atoms with Crippen molar-refractivity contribution < 1.29 is 19.9 Å². The zero-order valence-corrected chi connectivity index (χ0v) is 10.7. The molecule has 6 nitrogen and oxygen atoms in total. The fourth-order valence-corrected chi connectivity index (χ4v) is 1.99. The standard InChI is InChI=1S/C13H8ClNO5/c14-12-4-2-8(16)6-11(12)10-5-7(15(19)20)1-3-9(10)13(17)18/h1-6,16H,(H,17,18). The third-order valence-corrected chi connectivity index (χ3v) is 3.01. The van der Waals surface area contributed by atoms with E-state index < -0.39 is 10.9 Å². The summed E-state index contributed by atoms with van der Waals surface area (Å²) in [6.45, 7) is 0. The van der Waals surface area contributed by atoms with Gasteiger partial charge in [-0.3, -0.25) is 10.1 Å². The summed E-state index contributed by atoms with van der Waals surface area (Å²) in [7, 11) is 0. The number of carboxylic acids is 1. The third kappa shape index (κ3) is 2.55. The van der Waals surface area contributed by atoms with Gasteiger partial charge in [0.15, 0.2) is 0 Å². The number of hydrogen-bond acceptors (Lipinski definition) is 4. The van der Waals surface area contributed by atoms with Crippen molar-refractivity contribution in [1.82, 2.24) is 0 Å². The van der Waals surface area contributed by atoms with Crippen molar-refractivity contribution in [3.8, 4) is 16.9 Å². The van der Waals surface area contributed by atoms with Crippen LogP contribution in [0.3, 0.4) is 0 Å². The van der Waals surface area contributed by atoms with E-state index in [1.54, 1.807) is 0 Å². The first-order chi connectivity index (χ1) is 9.40. The maximum absolute atomic E-state index is 11.2. The van der Waals surface area contributed by atoms with Crippen LogP contribution in [0.5, 0.6) is 5.75 Å². The number of halogens is 1. The molecular formula is C13H8ClNO5. The molecule has 2 aromatic carbocycles. The normalized spacial score (nSPS) is 10.2. The highest BCUT2D eigenvalue weighted by Gasteiger charge is 2.18. The lowest BCUT2D eigenvalue weighted by Crippen LogP contribution is -2.01. The Bertz CT molecular complexity index is 714. The molecule has 0 heterocycles. The highest BCUT2D eigenvalue weighted by molar-refractivity contribution is 6.33. The fraction of sp³-hybridized carbons (Fsp3) is 0. The summed E-state index contributed by atoms with van der Waals surface area (Å²) in [6.07, 6.45) is 0. The molecule has 0 fully saturated rings. The number of aromatic carboxylic acids is 1. The first kappa shape index (κ1) is 13.8. The maximum atomic E-state index is 11.2. The fourth-order valence-electron chi connectivity index (χ4n) is 1.77. The summed E-state index contributed by atoms with van der Waals surface area (Å²) < 4.78 is 0. The van der Waals surface area contributed by atoms with Gasteiger partial charge in [-0.25, -0.2) is 4.79 Å². The molecule has 0 atom stereocenters. The minimum Gasteiger partial charge on any atom is -0.508 e. The molecule has 20 heavy (non-hydrogen) atoms. The highest BCUT2D eigenvalue weighted by atomic mass is 35.5. The number of phenols is 1. The van der Waals surface area contributed by atoms with Crippen molar-refractivity contribution in [3.63, 3.8) is 0 Å². The SMILES string of the molecule is O=C(O)c1ccc([N+](=O)[O-])cc1-c1cc(O)ccc1Cl. The molecule has 0 aromatic heterocycles. The van der Waals surface area contributed by atoms with Gasteiger partial charge < -0.3 is 10.2 Å². The van der Waals surface area contributed by atoms with Gasteiger partial charge >= 0.3 is 5.97 Å². The van der Waals surface area contributed by atoms with Crippen LogP contribution in [0.1, 0.15) is 10.4 Å². The third-order valence-electron chi connectivity index (χ3n) is 2.68. The number of hydrogen-bond donors (Lipinski definition) is 2. The van der Waals surface area contributed by atoms with E-state index in [9.17, 15) is 20.0 Å². The maximum Gasteiger partial charge on any atom is 0.336 e. The molecule has 0 saturated heterocycles. The summed E-state index contributed by atoms with van der Waals surface area (Å²) in [5.41, 5.74) is -0.104. The van der Waals surface area contributed by atoms with E-state index in [1.165, 1.54) is 18.2 Å². The molecule has 0 aliphatic heterocycles. The van der Waals surface area contributed by atoms with Crippen molar-refractivity contribution in [3.05, 3.63) is 57.1 Å². The minimum atomic E-state index is -1.24. The molecule has 2 aromatic rings.